The number of methoxy groups -OCH3 is 1. The molecule has 2 atom stereocenters. The summed E-state index contributed by atoms with van der Waals surface area (Å²) in [6.07, 6.45) is 2.54. The number of benzene rings is 1. The van der Waals surface area contributed by atoms with E-state index in [9.17, 15) is 4.79 Å². The van der Waals surface area contributed by atoms with E-state index in [-0.39, 0.29) is 18.9 Å². The molecule has 3 aliphatic rings. The fraction of sp³-hybridized carbons (Fsp3) is 0.611. The molecule has 0 radical (unpaired) electrons. The van der Waals surface area contributed by atoms with E-state index in [0.29, 0.717) is 12.0 Å². The van der Waals surface area contributed by atoms with E-state index >= 15 is 0 Å². The van der Waals surface area contributed by atoms with E-state index in [4.69, 9.17) is 9.84 Å². The number of nitrogens with zero attached hydrogens (tertiary/aromatic N) is 2. The third kappa shape index (κ3) is 3.85. The van der Waals surface area contributed by atoms with Crippen molar-refractivity contribution in [3.63, 3.8) is 0 Å². The molecule has 3 saturated heterocycles. The largest absolute Gasteiger partial charge is 0.497 e. The number of fused-ring (bicyclic) bond motifs is 4. The molecular weight excluding hydrogens is 292 g/mol. The first-order valence-corrected chi connectivity index (χ1v) is 8.45. The summed E-state index contributed by atoms with van der Waals surface area (Å²) < 4.78 is 5.21. The molecule has 1 aromatic carbocycles. The van der Waals surface area contributed by atoms with Gasteiger partial charge in [-0.2, -0.15) is 0 Å². The van der Waals surface area contributed by atoms with E-state index in [2.05, 4.69) is 17.0 Å². The summed E-state index contributed by atoms with van der Waals surface area (Å²) in [4.78, 5) is 16.7. The minimum Gasteiger partial charge on any atom is -0.497 e. The smallest absolute Gasteiger partial charge is 0.225 e. The molecule has 1 N–H and O–H groups in total. The van der Waals surface area contributed by atoms with Crippen molar-refractivity contribution in [2.45, 2.75) is 31.8 Å². The van der Waals surface area contributed by atoms with Crippen LogP contribution in [0.1, 0.15) is 24.8 Å². The van der Waals surface area contributed by atoms with Crippen LogP contribution in [0.25, 0.3) is 0 Å². The van der Waals surface area contributed by atoms with Gasteiger partial charge in [-0.15, -0.1) is 0 Å². The van der Waals surface area contributed by atoms with E-state index in [1.165, 1.54) is 12.0 Å². The Kier molecular flexibility index (Phi) is 5.18. The average molecular weight is 318 g/mol. The number of carbonyl (C=O) groups excluding carboxylic acids is 1. The molecule has 5 nitrogen and oxygen atoms in total. The summed E-state index contributed by atoms with van der Waals surface area (Å²) in [7, 11) is 1.68. The lowest BCUT2D eigenvalue weighted by Gasteiger charge is -2.36. The van der Waals surface area contributed by atoms with E-state index in [0.717, 1.165) is 38.3 Å². The highest BCUT2D eigenvalue weighted by Gasteiger charge is 2.36. The number of piperidine rings is 1. The van der Waals surface area contributed by atoms with Crippen molar-refractivity contribution in [1.82, 2.24) is 9.80 Å². The number of aliphatic hydroxyl groups is 1. The maximum atomic E-state index is 12.2. The van der Waals surface area contributed by atoms with Gasteiger partial charge in [-0.05, 0) is 36.5 Å². The van der Waals surface area contributed by atoms with Crippen LogP contribution in [-0.4, -0.2) is 60.2 Å². The van der Waals surface area contributed by atoms with Gasteiger partial charge < -0.3 is 14.7 Å². The number of carbonyl (C=O) groups is 1. The second-order valence-corrected chi connectivity index (χ2v) is 6.66. The second-order valence-electron chi connectivity index (χ2n) is 6.66. The van der Waals surface area contributed by atoms with Gasteiger partial charge in [0.1, 0.15) is 5.75 Å². The molecule has 0 unspecified atom stereocenters. The Hall–Kier alpha value is -1.59. The van der Waals surface area contributed by atoms with Gasteiger partial charge in [0.15, 0.2) is 0 Å². The average Bonchev–Trinajstić information content (AvgIpc) is 2.86. The number of rotatable bonds is 5. The summed E-state index contributed by atoms with van der Waals surface area (Å²) in [5.74, 6) is 1.54. The van der Waals surface area contributed by atoms with Gasteiger partial charge in [0, 0.05) is 38.6 Å². The minimum atomic E-state index is -0.0533. The Labute approximate surface area is 137 Å². The van der Waals surface area contributed by atoms with Crippen LogP contribution in [0.5, 0.6) is 5.75 Å². The number of amides is 1. The lowest BCUT2D eigenvalue weighted by Crippen LogP contribution is -2.47. The maximum absolute atomic E-state index is 12.2. The van der Waals surface area contributed by atoms with Crippen molar-refractivity contribution in [3.05, 3.63) is 29.8 Å². The maximum Gasteiger partial charge on any atom is 0.225 e. The van der Waals surface area contributed by atoms with Gasteiger partial charge in [0.2, 0.25) is 5.91 Å². The van der Waals surface area contributed by atoms with Gasteiger partial charge >= 0.3 is 0 Å². The van der Waals surface area contributed by atoms with Gasteiger partial charge in [-0.1, -0.05) is 12.1 Å². The van der Waals surface area contributed by atoms with Gasteiger partial charge in [0.05, 0.1) is 13.7 Å². The summed E-state index contributed by atoms with van der Waals surface area (Å²) >= 11 is 0. The fourth-order valence-electron chi connectivity index (χ4n) is 3.84. The number of ether oxygens (including phenoxy) is 1. The van der Waals surface area contributed by atoms with E-state index in [1.54, 1.807) is 7.11 Å². The number of hydrogen-bond donors (Lipinski definition) is 1. The quantitative estimate of drug-likeness (QED) is 0.894. The molecule has 2 bridgehead atoms. The Morgan fingerprint density at radius 3 is 2.70 bits per heavy atom. The molecule has 0 aromatic heterocycles. The SMILES string of the molecule is COc1ccc(CN2C[C@@H]3CC[C@H](C2)N(C(=O)CCO)C3)cc1. The van der Waals surface area contributed by atoms with Crippen LogP contribution in [0.4, 0.5) is 0 Å². The van der Waals surface area contributed by atoms with Crippen LogP contribution in [0.15, 0.2) is 24.3 Å². The molecule has 126 valence electrons. The molecule has 0 aliphatic carbocycles. The minimum absolute atomic E-state index is 0.0533. The van der Waals surface area contributed by atoms with E-state index < -0.39 is 0 Å². The zero-order valence-electron chi connectivity index (χ0n) is 13.8. The van der Waals surface area contributed by atoms with Crippen molar-refractivity contribution in [2.24, 2.45) is 5.92 Å². The third-order valence-electron chi connectivity index (χ3n) is 5.00. The highest BCUT2D eigenvalue weighted by Crippen LogP contribution is 2.29. The molecule has 1 amide bonds. The summed E-state index contributed by atoms with van der Waals surface area (Å²) in [5, 5.41) is 9.03. The Bertz CT molecular complexity index is 532. The van der Waals surface area contributed by atoms with Crippen molar-refractivity contribution in [2.75, 3.05) is 33.4 Å². The van der Waals surface area contributed by atoms with E-state index in [1.807, 2.05) is 17.0 Å². The van der Waals surface area contributed by atoms with Crippen LogP contribution in [0.3, 0.4) is 0 Å². The highest BCUT2D eigenvalue weighted by atomic mass is 16.5. The molecule has 23 heavy (non-hydrogen) atoms. The first-order chi connectivity index (χ1) is 11.2. The van der Waals surface area contributed by atoms with Gasteiger partial charge in [-0.25, -0.2) is 0 Å². The van der Waals surface area contributed by atoms with Gasteiger partial charge in [0.25, 0.3) is 0 Å². The normalized spacial score (nSPS) is 24.5. The molecule has 1 aromatic rings. The van der Waals surface area contributed by atoms with Crippen LogP contribution in [-0.2, 0) is 11.3 Å². The topological polar surface area (TPSA) is 53.0 Å². The van der Waals surface area contributed by atoms with Crippen LogP contribution < -0.4 is 4.74 Å². The molecule has 3 fully saturated rings. The number of hydrogen-bond acceptors (Lipinski definition) is 4. The van der Waals surface area contributed by atoms with Crippen molar-refractivity contribution >= 4 is 5.91 Å². The van der Waals surface area contributed by atoms with Crippen molar-refractivity contribution in [1.29, 1.82) is 0 Å². The Balaban J connectivity index is 1.65. The summed E-state index contributed by atoms with van der Waals surface area (Å²) in [5.41, 5.74) is 1.28. The Morgan fingerprint density at radius 2 is 2.00 bits per heavy atom. The summed E-state index contributed by atoms with van der Waals surface area (Å²) in [6.45, 7) is 3.69. The lowest BCUT2D eigenvalue weighted by molar-refractivity contribution is -0.135. The second kappa shape index (κ2) is 7.32. The standard InChI is InChI=1S/C18H26N2O3/c1-23-17-6-3-14(4-7-17)10-19-11-15-2-5-16(13-19)20(12-15)18(22)8-9-21/h3-4,6-7,15-16,21H,2,5,8-13H2,1H3/t15-,16+/m0/s1. The molecule has 4 rings (SSSR count). The Morgan fingerprint density at radius 1 is 1.22 bits per heavy atom. The van der Waals surface area contributed by atoms with Crippen LogP contribution >= 0.6 is 0 Å². The first kappa shape index (κ1) is 16.3. The zero-order chi connectivity index (χ0) is 16.2. The monoisotopic (exact) mass is 318 g/mol. The molecule has 3 heterocycles. The fourth-order valence-corrected chi connectivity index (χ4v) is 3.84. The molecule has 5 heteroatoms. The predicted octanol–water partition coefficient (Wildman–Crippen LogP) is 1.50. The van der Waals surface area contributed by atoms with Crippen LogP contribution in [0, 0.1) is 5.92 Å². The molecule has 0 spiro atoms. The highest BCUT2D eigenvalue weighted by molar-refractivity contribution is 5.76. The van der Waals surface area contributed by atoms with Crippen molar-refractivity contribution < 1.29 is 14.6 Å². The number of aliphatic hydroxyl groups excluding tert-OH is 1. The molecule has 3 aliphatic heterocycles. The zero-order valence-corrected chi connectivity index (χ0v) is 13.8. The molecule has 0 saturated carbocycles. The predicted molar refractivity (Wildman–Crippen MR) is 88.2 cm³/mol. The third-order valence-corrected chi connectivity index (χ3v) is 5.00. The lowest BCUT2D eigenvalue weighted by atomic mass is 9.95. The first-order valence-electron chi connectivity index (χ1n) is 8.45. The van der Waals surface area contributed by atoms with Gasteiger partial charge in [-0.3, -0.25) is 9.69 Å². The summed E-state index contributed by atoms with van der Waals surface area (Å²) in [6, 6.07) is 8.52. The molecular formula is C18H26N2O3. The van der Waals surface area contributed by atoms with Crippen LogP contribution in [0.2, 0.25) is 0 Å². The van der Waals surface area contributed by atoms with Crippen molar-refractivity contribution in [3.8, 4) is 5.75 Å².